The Morgan fingerprint density at radius 2 is 1.82 bits per heavy atom. The smallest absolute Gasteiger partial charge is 0.416 e. The second-order valence-corrected chi connectivity index (χ2v) is 7.89. The van der Waals surface area contributed by atoms with E-state index in [1.165, 1.54) is 24.3 Å². The van der Waals surface area contributed by atoms with E-state index in [2.05, 4.69) is 10.3 Å². The standard InChI is InChI=1S/C24H16ClF3N2O3/c25-17-11-14(10-15(12-17)23(32)33)18-7-8-29-19-5-6-20(22(18)19)30-21(31)9-13-1-3-16(4-2-13)24(26,27)28/h1-4,6-8,10-12H,5,9H2,(H,30,31)(H,32,33). The van der Waals surface area contributed by atoms with Crippen molar-refractivity contribution in [2.45, 2.75) is 19.0 Å². The molecule has 0 fully saturated rings. The highest BCUT2D eigenvalue weighted by Gasteiger charge is 2.30. The fourth-order valence-electron chi connectivity index (χ4n) is 3.68. The molecule has 3 aromatic rings. The Hall–Kier alpha value is -3.65. The van der Waals surface area contributed by atoms with Crippen LogP contribution in [0.3, 0.4) is 0 Å². The van der Waals surface area contributed by atoms with Crippen LogP contribution in [0, 0.1) is 0 Å². The number of carbonyl (C=O) groups is 2. The summed E-state index contributed by atoms with van der Waals surface area (Å²) in [4.78, 5) is 28.4. The number of rotatable bonds is 5. The molecule has 0 radical (unpaired) electrons. The molecule has 168 valence electrons. The first-order valence-corrected chi connectivity index (χ1v) is 10.2. The zero-order valence-corrected chi connectivity index (χ0v) is 17.7. The molecule has 1 aromatic heterocycles. The number of nitrogens with one attached hydrogen (secondary N) is 1. The number of amides is 1. The molecule has 9 heteroatoms. The van der Waals surface area contributed by atoms with Crippen LogP contribution in [0.25, 0.3) is 16.8 Å². The number of carboxylic acid groups (broad SMARTS) is 1. The number of allylic oxidation sites excluding steroid dienone is 1. The first kappa shape index (κ1) is 22.5. The highest BCUT2D eigenvalue weighted by molar-refractivity contribution is 6.31. The third-order valence-electron chi connectivity index (χ3n) is 5.17. The molecule has 33 heavy (non-hydrogen) atoms. The van der Waals surface area contributed by atoms with Crippen LogP contribution in [0.5, 0.6) is 0 Å². The van der Waals surface area contributed by atoms with E-state index in [-0.39, 0.29) is 17.0 Å². The van der Waals surface area contributed by atoms with Crippen LogP contribution in [0.2, 0.25) is 5.02 Å². The Morgan fingerprint density at radius 3 is 2.48 bits per heavy atom. The van der Waals surface area contributed by atoms with Gasteiger partial charge in [-0.05, 0) is 53.1 Å². The van der Waals surface area contributed by atoms with Gasteiger partial charge in [0.1, 0.15) is 0 Å². The first-order valence-electron chi connectivity index (χ1n) is 9.80. The maximum absolute atomic E-state index is 12.7. The van der Waals surface area contributed by atoms with Crippen LogP contribution >= 0.6 is 11.6 Å². The monoisotopic (exact) mass is 472 g/mol. The van der Waals surface area contributed by atoms with Gasteiger partial charge in [0.05, 0.1) is 23.2 Å². The number of pyridine rings is 1. The quantitative estimate of drug-likeness (QED) is 0.523. The fraction of sp³-hybridized carbons (Fsp3) is 0.125. The number of aromatic nitrogens is 1. The van der Waals surface area contributed by atoms with E-state index in [4.69, 9.17) is 11.6 Å². The van der Waals surface area contributed by atoms with Crippen molar-refractivity contribution in [3.63, 3.8) is 0 Å². The van der Waals surface area contributed by atoms with Crippen LogP contribution in [-0.2, 0) is 23.8 Å². The summed E-state index contributed by atoms with van der Waals surface area (Å²) in [6, 6.07) is 10.6. The van der Waals surface area contributed by atoms with E-state index in [0.717, 1.165) is 12.1 Å². The Bertz CT molecular complexity index is 1290. The van der Waals surface area contributed by atoms with E-state index >= 15 is 0 Å². The molecule has 4 rings (SSSR count). The molecule has 1 aliphatic carbocycles. The van der Waals surface area contributed by atoms with Crippen molar-refractivity contribution in [2.75, 3.05) is 0 Å². The molecule has 0 unspecified atom stereocenters. The normalized spacial score (nSPS) is 12.8. The van der Waals surface area contributed by atoms with Crippen molar-refractivity contribution in [2.24, 2.45) is 0 Å². The maximum atomic E-state index is 12.7. The van der Waals surface area contributed by atoms with Crippen LogP contribution in [0.4, 0.5) is 13.2 Å². The molecular weight excluding hydrogens is 457 g/mol. The lowest BCUT2D eigenvalue weighted by molar-refractivity contribution is -0.137. The summed E-state index contributed by atoms with van der Waals surface area (Å²) in [5.41, 5.74) is 2.75. The predicted molar refractivity (Wildman–Crippen MR) is 117 cm³/mol. The highest BCUT2D eigenvalue weighted by atomic mass is 35.5. The minimum absolute atomic E-state index is 0.0259. The maximum Gasteiger partial charge on any atom is 0.416 e. The Morgan fingerprint density at radius 1 is 1.09 bits per heavy atom. The number of nitrogens with zero attached hydrogens (tertiary/aromatic N) is 1. The topological polar surface area (TPSA) is 79.3 Å². The van der Waals surface area contributed by atoms with Crippen molar-refractivity contribution >= 4 is 29.2 Å². The number of hydrogen-bond acceptors (Lipinski definition) is 3. The van der Waals surface area contributed by atoms with Gasteiger partial charge in [-0.3, -0.25) is 9.78 Å². The molecule has 1 amide bonds. The minimum atomic E-state index is -4.44. The third-order valence-corrected chi connectivity index (χ3v) is 5.39. The molecule has 0 saturated carbocycles. The lowest BCUT2D eigenvalue weighted by Crippen LogP contribution is -2.23. The number of benzene rings is 2. The van der Waals surface area contributed by atoms with Gasteiger partial charge in [0, 0.05) is 28.9 Å². The van der Waals surface area contributed by atoms with Gasteiger partial charge in [0.15, 0.2) is 0 Å². The zero-order chi connectivity index (χ0) is 23.8. The lowest BCUT2D eigenvalue weighted by atomic mass is 9.97. The highest BCUT2D eigenvalue weighted by Crippen LogP contribution is 2.35. The van der Waals surface area contributed by atoms with Gasteiger partial charge in [-0.2, -0.15) is 13.2 Å². The number of fused-ring (bicyclic) bond motifs is 1. The molecule has 5 nitrogen and oxygen atoms in total. The Kier molecular flexibility index (Phi) is 5.95. The molecule has 2 aromatic carbocycles. The number of halogens is 4. The molecule has 0 atom stereocenters. The van der Waals surface area contributed by atoms with E-state index in [9.17, 15) is 27.9 Å². The molecular formula is C24H16ClF3N2O3. The van der Waals surface area contributed by atoms with Crippen LogP contribution in [0.1, 0.15) is 32.7 Å². The van der Waals surface area contributed by atoms with E-state index in [1.54, 1.807) is 24.4 Å². The van der Waals surface area contributed by atoms with Crippen LogP contribution < -0.4 is 5.32 Å². The summed E-state index contributed by atoms with van der Waals surface area (Å²) in [6.45, 7) is 0. The van der Waals surface area contributed by atoms with Gasteiger partial charge in [-0.15, -0.1) is 0 Å². The van der Waals surface area contributed by atoms with Crippen LogP contribution in [0.15, 0.2) is 60.8 Å². The molecule has 0 bridgehead atoms. The van der Waals surface area contributed by atoms with Gasteiger partial charge < -0.3 is 10.4 Å². The van der Waals surface area contributed by atoms with Crippen molar-refractivity contribution < 1.29 is 27.9 Å². The number of aromatic carboxylic acids is 1. The van der Waals surface area contributed by atoms with Gasteiger partial charge in [0.2, 0.25) is 5.91 Å². The predicted octanol–water partition coefficient (Wildman–Crippen LogP) is 5.37. The van der Waals surface area contributed by atoms with Crippen molar-refractivity contribution in [3.05, 3.63) is 93.8 Å². The molecule has 0 spiro atoms. The first-order chi connectivity index (χ1) is 15.6. The average Bonchev–Trinajstić information content (AvgIpc) is 3.15. The van der Waals surface area contributed by atoms with Gasteiger partial charge >= 0.3 is 12.1 Å². The average molecular weight is 473 g/mol. The number of carbonyl (C=O) groups excluding carboxylic acids is 1. The molecule has 1 heterocycles. The molecule has 2 N–H and O–H groups in total. The number of carboxylic acids is 1. The molecule has 1 aliphatic rings. The SMILES string of the molecule is O=C(Cc1ccc(C(F)(F)F)cc1)NC1=CCc2nccc(-c3cc(Cl)cc(C(=O)O)c3)c21. The largest absolute Gasteiger partial charge is 0.478 e. The van der Waals surface area contributed by atoms with Gasteiger partial charge in [-0.25, -0.2) is 4.79 Å². The second-order valence-electron chi connectivity index (χ2n) is 7.46. The molecule has 0 saturated heterocycles. The number of alkyl halides is 3. The summed E-state index contributed by atoms with van der Waals surface area (Å²) in [5, 5.41) is 12.4. The summed E-state index contributed by atoms with van der Waals surface area (Å²) in [6.07, 6.45) is -0.708. The second kappa shape index (κ2) is 8.71. The number of hydrogen-bond donors (Lipinski definition) is 2. The Balaban J connectivity index is 1.58. The lowest BCUT2D eigenvalue weighted by Gasteiger charge is -2.14. The third kappa shape index (κ3) is 4.90. The van der Waals surface area contributed by atoms with E-state index in [0.29, 0.717) is 40.1 Å². The van der Waals surface area contributed by atoms with Gasteiger partial charge in [-0.1, -0.05) is 29.8 Å². The Labute approximate surface area is 191 Å². The van der Waals surface area contributed by atoms with Crippen molar-refractivity contribution in [3.8, 4) is 11.1 Å². The fourth-order valence-corrected chi connectivity index (χ4v) is 3.91. The summed E-state index contributed by atoms with van der Waals surface area (Å²) >= 11 is 6.11. The van der Waals surface area contributed by atoms with Crippen molar-refractivity contribution in [1.82, 2.24) is 10.3 Å². The zero-order valence-electron chi connectivity index (χ0n) is 16.9. The summed E-state index contributed by atoms with van der Waals surface area (Å²) < 4.78 is 38.2. The van der Waals surface area contributed by atoms with Crippen LogP contribution in [-0.4, -0.2) is 22.0 Å². The minimum Gasteiger partial charge on any atom is -0.478 e. The van der Waals surface area contributed by atoms with E-state index in [1.807, 2.05) is 0 Å². The van der Waals surface area contributed by atoms with Gasteiger partial charge in [0.25, 0.3) is 0 Å². The summed E-state index contributed by atoms with van der Waals surface area (Å²) in [7, 11) is 0. The molecule has 0 aliphatic heterocycles. The summed E-state index contributed by atoms with van der Waals surface area (Å²) in [5.74, 6) is -1.52. The van der Waals surface area contributed by atoms with Crippen molar-refractivity contribution in [1.29, 1.82) is 0 Å². The van der Waals surface area contributed by atoms with E-state index < -0.39 is 23.6 Å².